The van der Waals surface area contributed by atoms with Crippen LogP contribution in [0.4, 0.5) is 13.2 Å². The zero-order valence-corrected chi connectivity index (χ0v) is 13.6. The van der Waals surface area contributed by atoms with Gasteiger partial charge in [-0.1, -0.05) is 0 Å². The van der Waals surface area contributed by atoms with Crippen LogP contribution in [0.1, 0.15) is 18.3 Å². The fraction of sp³-hybridized carbons (Fsp3) is 0.467. The van der Waals surface area contributed by atoms with Crippen LogP contribution in [0.15, 0.2) is 24.3 Å². The molecule has 25 heavy (non-hydrogen) atoms. The molecule has 0 atom stereocenters. The van der Waals surface area contributed by atoms with Gasteiger partial charge in [-0.25, -0.2) is 0 Å². The molecule has 2 aromatic rings. The molecule has 1 aromatic carbocycles. The summed E-state index contributed by atoms with van der Waals surface area (Å²) in [5.41, 5.74) is -0.293. The molecule has 0 spiro atoms. The average Bonchev–Trinajstić information content (AvgIpc) is 3.02. The highest BCUT2D eigenvalue weighted by molar-refractivity contribution is 5.78. The molecule has 0 unspecified atom stereocenters. The SMILES string of the molecule is CCN1CCN(Cc2nnnn2-c2ccc(C(F)(F)F)cc2)CC1=O. The monoisotopic (exact) mass is 354 g/mol. The van der Waals surface area contributed by atoms with Crippen LogP contribution in [0.5, 0.6) is 0 Å². The second-order valence-electron chi connectivity index (χ2n) is 5.74. The van der Waals surface area contributed by atoms with Crippen LogP contribution in [-0.2, 0) is 17.5 Å². The summed E-state index contributed by atoms with van der Waals surface area (Å²) in [6.45, 7) is 4.55. The minimum atomic E-state index is -4.39. The third-order valence-electron chi connectivity index (χ3n) is 4.12. The van der Waals surface area contributed by atoms with Gasteiger partial charge in [-0.15, -0.1) is 5.10 Å². The van der Waals surface area contributed by atoms with Gasteiger partial charge in [-0.2, -0.15) is 17.9 Å². The lowest BCUT2D eigenvalue weighted by Crippen LogP contribution is -2.49. The van der Waals surface area contributed by atoms with Gasteiger partial charge in [-0.3, -0.25) is 9.69 Å². The summed E-state index contributed by atoms with van der Waals surface area (Å²) in [5, 5.41) is 11.4. The Morgan fingerprint density at radius 3 is 2.48 bits per heavy atom. The molecule has 1 aliphatic heterocycles. The molecule has 0 bridgehead atoms. The van der Waals surface area contributed by atoms with E-state index in [0.29, 0.717) is 37.7 Å². The van der Waals surface area contributed by atoms with E-state index in [4.69, 9.17) is 0 Å². The number of amides is 1. The van der Waals surface area contributed by atoms with Gasteiger partial charge in [-0.05, 0) is 41.6 Å². The molecule has 0 saturated carbocycles. The number of likely N-dealkylation sites (N-methyl/N-ethyl adjacent to an activating group) is 1. The maximum atomic E-state index is 12.7. The maximum Gasteiger partial charge on any atom is 0.416 e. The molecular formula is C15H17F3N6O. The molecule has 134 valence electrons. The van der Waals surface area contributed by atoms with Crippen LogP contribution in [0.25, 0.3) is 5.69 Å². The number of hydrogen-bond donors (Lipinski definition) is 0. The van der Waals surface area contributed by atoms with Gasteiger partial charge >= 0.3 is 6.18 Å². The van der Waals surface area contributed by atoms with Crippen LogP contribution in [0.3, 0.4) is 0 Å². The molecule has 7 nitrogen and oxygen atoms in total. The van der Waals surface area contributed by atoms with Crippen molar-refractivity contribution < 1.29 is 18.0 Å². The van der Waals surface area contributed by atoms with E-state index in [1.807, 2.05) is 11.8 Å². The first-order chi connectivity index (χ1) is 11.9. The molecule has 1 aliphatic rings. The number of hydrogen-bond acceptors (Lipinski definition) is 5. The fourth-order valence-electron chi connectivity index (χ4n) is 2.72. The van der Waals surface area contributed by atoms with Crippen molar-refractivity contribution in [1.29, 1.82) is 0 Å². The minimum Gasteiger partial charge on any atom is -0.341 e. The topological polar surface area (TPSA) is 67.2 Å². The van der Waals surface area contributed by atoms with Crippen molar-refractivity contribution in [3.63, 3.8) is 0 Å². The zero-order valence-electron chi connectivity index (χ0n) is 13.6. The molecule has 2 heterocycles. The summed E-state index contributed by atoms with van der Waals surface area (Å²) in [5.74, 6) is 0.514. The Balaban J connectivity index is 1.74. The highest BCUT2D eigenvalue weighted by atomic mass is 19.4. The zero-order chi connectivity index (χ0) is 18.0. The Morgan fingerprint density at radius 2 is 1.88 bits per heavy atom. The summed E-state index contributed by atoms with van der Waals surface area (Å²) < 4.78 is 39.4. The lowest BCUT2D eigenvalue weighted by molar-refractivity contribution is -0.137. The third kappa shape index (κ3) is 3.78. The Kier molecular flexibility index (Phi) is 4.71. The average molecular weight is 354 g/mol. The van der Waals surface area contributed by atoms with Gasteiger partial charge in [0.2, 0.25) is 5.91 Å². The summed E-state index contributed by atoms with van der Waals surface area (Å²) in [6, 6.07) is 4.63. The number of piperazine rings is 1. The Labute approximate surface area is 142 Å². The quantitative estimate of drug-likeness (QED) is 0.829. The maximum absolute atomic E-state index is 12.7. The molecule has 1 aromatic heterocycles. The summed E-state index contributed by atoms with van der Waals surface area (Å²) in [6.07, 6.45) is -4.39. The second kappa shape index (κ2) is 6.79. The van der Waals surface area contributed by atoms with Gasteiger partial charge < -0.3 is 4.90 Å². The highest BCUT2D eigenvalue weighted by Gasteiger charge is 2.30. The molecular weight excluding hydrogens is 337 g/mol. The van der Waals surface area contributed by atoms with Gasteiger partial charge in [0.05, 0.1) is 24.3 Å². The largest absolute Gasteiger partial charge is 0.416 e. The first-order valence-corrected chi connectivity index (χ1v) is 7.83. The summed E-state index contributed by atoms with van der Waals surface area (Å²) >= 11 is 0. The van der Waals surface area contributed by atoms with Crippen molar-refractivity contribution in [1.82, 2.24) is 30.0 Å². The van der Waals surface area contributed by atoms with E-state index >= 15 is 0 Å². The summed E-state index contributed by atoms with van der Waals surface area (Å²) in [4.78, 5) is 15.7. The number of benzene rings is 1. The van der Waals surface area contributed by atoms with Crippen LogP contribution >= 0.6 is 0 Å². The van der Waals surface area contributed by atoms with Gasteiger partial charge in [0.25, 0.3) is 0 Å². The van der Waals surface area contributed by atoms with Crippen molar-refractivity contribution in [2.45, 2.75) is 19.6 Å². The van der Waals surface area contributed by atoms with Crippen molar-refractivity contribution in [2.75, 3.05) is 26.2 Å². The fourth-order valence-corrected chi connectivity index (χ4v) is 2.72. The van der Waals surface area contributed by atoms with Crippen molar-refractivity contribution in [3.05, 3.63) is 35.7 Å². The van der Waals surface area contributed by atoms with E-state index in [1.54, 1.807) is 4.90 Å². The first-order valence-electron chi connectivity index (χ1n) is 7.83. The van der Waals surface area contributed by atoms with E-state index < -0.39 is 11.7 Å². The van der Waals surface area contributed by atoms with E-state index in [1.165, 1.54) is 16.8 Å². The van der Waals surface area contributed by atoms with Gasteiger partial charge in [0.1, 0.15) is 0 Å². The predicted octanol–water partition coefficient (Wildman–Crippen LogP) is 1.35. The second-order valence-corrected chi connectivity index (χ2v) is 5.74. The normalized spacial score (nSPS) is 16.5. The standard InChI is InChI=1S/C15H17F3N6O/c1-2-23-8-7-22(10-14(23)25)9-13-19-20-21-24(13)12-5-3-11(4-6-12)15(16,17)18/h3-6H,2,7-10H2,1H3. The molecule has 0 aliphatic carbocycles. The van der Waals surface area contributed by atoms with E-state index in [2.05, 4.69) is 15.5 Å². The predicted molar refractivity (Wildman–Crippen MR) is 81.7 cm³/mol. The smallest absolute Gasteiger partial charge is 0.341 e. The van der Waals surface area contributed by atoms with Crippen molar-refractivity contribution in [2.24, 2.45) is 0 Å². The van der Waals surface area contributed by atoms with Crippen molar-refractivity contribution >= 4 is 5.91 Å². The van der Waals surface area contributed by atoms with Crippen molar-refractivity contribution in [3.8, 4) is 5.69 Å². The number of rotatable bonds is 4. The molecule has 1 saturated heterocycles. The lowest BCUT2D eigenvalue weighted by Gasteiger charge is -2.33. The van der Waals surface area contributed by atoms with E-state index in [-0.39, 0.29) is 12.5 Å². The van der Waals surface area contributed by atoms with Gasteiger partial charge in [0, 0.05) is 19.6 Å². The Morgan fingerprint density at radius 1 is 1.16 bits per heavy atom. The number of alkyl halides is 3. The third-order valence-corrected chi connectivity index (χ3v) is 4.12. The van der Waals surface area contributed by atoms with Crippen LogP contribution in [0.2, 0.25) is 0 Å². The number of nitrogens with zero attached hydrogens (tertiary/aromatic N) is 6. The van der Waals surface area contributed by atoms with Crippen LogP contribution in [0, 0.1) is 0 Å². The first kappa shape index (κ1) is 17.3. The highest BCUT2D eigenvalue weighted by Crippen LogP contribution is 2.29. The van der Waals surface area contributed by atoms with Gasteiger partial charge in [0.15, 0.2) is 5.82 Å². The molecule has 10 heteroatoms. The number of halogens is 3. The summed E-state index contributed by atoms with van der Waals surface area (Å²) in [7, 11) is 0. The Bertz CT molecular complexity index is 742. The van der Waals surface area contributed by atoms with Crippen LogP contribution in [-0.4, -0.2) is 62.1 Å². The number of carbonyl (C=O) groups is 1. The van der Waals surface area contributed by atoms with E-state index in [9.17, 15) is 18.0 Å². The molecule has 0 N–H and O–H groups in total. The lowest BCUT2D eigenvalue weighted by atomic mass is 10.2. The molecule has 0 radical (unpaired) electrons. The number of tetrazole rings is 1. The molecule has 3 rings (SSSR count). The number of aromatic nitrogens is 4. The van der Waals surface area contributed by atoms with Crippen LogP contribution < -0.4 is 0 Å². The number of carbonyl (C=O) groups excluding carboxylic acids is 1. The minimum absolute atomic E-state index is 0.0438. The van der Waals surface area contributed by atoms with E-state index in [0.717, 1.165) is 12.1 Å². The molecule has 1 amide bonds. The Hall–Kier alpha value is -2.49. The molecule has 1 fully saturated rings.